The molecule has 0 saturated carbocycles. The second-order valence-electron chi connectivity index (χ2n) is 6.85. The average molecular weight is 429 g/mol. The minimum absolute atomic E-state index is 0.187. The molecule has 0 fully saturated rings. The standard InChI is InChI=1S/C23H22F3N3O2/c1-31-21-19(8-5-14-28-21)29(22(30)20(27)17-6-3-2-4-7-17)15-13-16-9-11-18(12-10-16)23(24,25)26/h2-12,14,20H,13,15,27H2,1H3/t20-/m1/s1. The van der Waals surface area contributed by atoms with Gasteiger partial charge in [0.05, 0.1) is 12.7 Å². The highest BCUT2D eigenvalue weighted by molar-refractivity contribution is 5.98. The smallest absolute Gasteiger partial charge is 0.416 e. The Labute approximate surface area is 178 Å². The predicted molar refractivity (Wildman–Crippen MR) is 112 cm³/mol. The molecule has 3 rings (SSSR count). The molecule has 3 aromatic rings. The Bertz CT molecular complexity index is 1010. The summed E-state index contributed by atoms with van der Waals surface area (Å²) in [6.07, 6.45) is -2.53. The molecular weight excluding hydrogens is 407 g/mol. The summed E-state index contributed by atoms with van der Waals surface area (Å²) in [6.45, 7) is 0.187. The van der Waals surface area contributed by atoms with Crippen LogP contribution >= 0.6 is 0 Å². The number of benzene rings is 2. The number of pyridine rings is 1. The number of anilines is 1. The van der Waals surface area contributed by atoms with Crippen LogP contribution in [0.4, 0.5) is 18.9 Å². The first-order chi connectivity index (χ1) is 14.8. The molecular formula is C23H22F3N3O2. The molecule has 5 nitrogen and oxygen atoms in total. The normalized spacial score (nSPS) is 12.3. The summed E-state index contributed by atoms with van der Waals surface area (Å²) in [4.78, 5) is 18.9. The lowest BCUT2D eigenvalue weighted by atomic mass is 10.0. The van der Waals surface area contributed by atoms with Gasteiger partial charge < -0.3 is 15.4 Å². The van der Waals surface area contributed by atoms with E-state index in [2.05, 4.69) is 4.98 Å². The van der Waals surface area contributed by atoms with Gasteiger partial charge in [-0.25, -0.2) is 4.98 Å². The molecule has 0 radical (unpaired) electrons. The fraction of sp³-hybridized carbons (Fsp3) is 0.217. The van der Waals surface area contributed by atoms with Crippen LogP contribution in [0.2, 0.25) is 0 Å². The monoisotopic (exact) mass is 429 g/mol. The predicted octanol–water partition coefficient (Wildman–Crippen LogP) is 4.38. The molecule has 0 unspecified atom stereocenters. The summed E-state index contributed by atoms with van der Waals surface area (Å²) >= 11 is 0. The summed E-state index contributed by atoms with van der Waals surface area (Å²) in [6, 6.07) is 16.2. The van der Waals surface area contributed by atoms with Crippen LogP contribution in [0, 0.1) is 0 Å². The van der Waals surface area contributed by atoms with E-state index in [9.17, 15) is 18.0 Å². The van der Waals surface area contributed by atoms with Gasteiger partial charge in [-0.1, -0.05) is 42.5 Å². The minimum atomic E-state index is -4.40. The third-order valence-electron chi connectivity index (χ3n) is 4.83. The number of hydrogen-bond acceptors (Lipinski definition) is 4. The second-order valence-corrected chi connectivity index (χ2v) is 6.85. The molecule has 0 aliphatic carbocycles. The number of carbonyl (C=O) groups excluding carboxylic acids is 1. The van der Waals surface area contributed by atoms with Gasteiger partial charge in [-0.05, 0) is 41.8 Å². The summed E-state index contributed by atoms with van der Waals surface area (Å²) in [7, 11) is 1.45. The molecule has 1 amide bonds. The molecule has 1 atom stereocenters. The van der Waals surface area contributed by atoms with E-state index in [1.165, 1.54) is 30.3 Å². The first kappa shape index (κ1) is 22.3. The molecule has 2 aromatic carbocycles. The van der Waals surface area contributed by atoms with Gasteiger partial charge >= 0.3 is 6.18 Å². The van der Waals surface area contributed by atoms with Gasteiger partial charge in [-0.2, -0.15) is 13.2 Å². The molecule has 1 aromatic heterocycles. The largest absolute Gasteiger partial charge is 0.480 e. The number of alkyl halides is 3. The molecule has 2 N–H and O–H groups in total. The van der Waals surface area contributed by atoms with E-state index in [4.69, 9.17) is 10.5 Å². The Morgan fingerprint density at radius 2 is 1.74 bits per heavy atom. The number of hydrogen-bond donors (Lipinski definition) is 1. The number of aromatic nitrogens is 1. The van der Waals surface area contributed by atoms with Crippen LogP contribution in [0.15, 0.2) is 72.9 Å². The van der Waals surface area contributed by atoms with Crippen molar-refractivity contribution in [2.45, 2.75) is 18.6 Å². The van der Waals surface area contributed by atoms with Crippen molar-refractivity contribution in [2.75, 3.05) is 18.6 Å². The summed E-state index contributed by atoms with van der Waals surface area (Å²) < 4.78 is 43.7. The lowest BCUT2D eigenvalue weighted by Gasteiger charge is -2.27. The van der Waals surface area contributed by atoms with Gasteiger partial charge in [0.25, 0.3) is 0 Å². The number of amides is 1. The van der Waals surface area contributed by atoms with Gasteiger partial charge in [-0.15, -0.1) is 0 Å². The first-order valence-corrected chi connectivity index (χ1v) is 9.58. The zero-order chi connectivity index (χ0) is 22.4. The Hall–Kier alpha value is -3.39. The van der Waals surface area contributed by atoms with E-state index >= 15 is 0 Å². The number of methoxy groups -OCH3 is 1. The molecule has 162 valence electrons. The molecule has 0 aliphatic rings. The van der Waals surface area contributed by atoms with E-state index in [0.717, 1.165) is 12.1 Å². The summed E-state index contributed by atoms with van der Waals surface area (Å²) in [5.41, 5.74) is 7.25. The maximum Gasteiger partial charge on any atom is 0.416 e. The van der Waals surface area contributed by atoms with Crippen molar-refractivity contribution >= 4 is 11.6 Å². The van der Waals surface area contributed by atoms with Crippen LogP contribution in [-0.2, 0) is 17.4 Å². The fourth-order valence-corrected chi connectivity index (χ4v) is 3.17. The third-order valence-corrected chi connectivity index (χ3v) is 4.83. The van der Waals surface area contributed by atoms with Crippen molar-refractivity contribution in [3.8, 4) is 5.88 Å². The van der Waals surface area contributed by atoms with Gasteiger partial charge in [0.1, 0.15) is 11.7 Å². The number of nitrogens with two attached hydrogens (primary N) is 1. The SMILES string of the molecule is COc1ncccc1N(CCc1ccc(C(F)(F)F)cc1)C(=O)[C@H](N)c1ccccc1. The number of ether oxygens (including phenoxy) is 1. The molecule has 1 heterocycles. The van der Waals surface area contributed by atoms with Gasteiger partial charge in [0.15, 0.2) is 0 Å². The van der Waals surface area contributed by atoms with E-state index < -0.39 is 17.8 Å². The fourth-order valence-electron chi connectivity index (χ4n) is 3.17. The maximum absolute atomic E-state index is 13.3. The van der Waals surface area contributed by atoms with E-state index in [1.807, 2.05) is 6.07 Å². The van der Waals surface area contributed by atoms with Gasteiger partial charge in [-0.3, -0.25) is 4.79 Å². The molecule has 31 heavy (non-hydrogen) atoms. The van der Waals surface area contributed by atoms with Crippen molar-refractivity contribution in [1.29, 1.82) is 0 Å². The lowest BCUT2D eigenvalue weighted by molar-refractivity contribution is -0.137. The Balaban J connectivity index is 1.86. The van der Waals surface area contributed by atoms with E-state index in [1.54, 1.807) is 36.4 Å². The van der Waals surface area contributed by atoms with Gasteiger partial charge in [0, 0.05) is 12.7 Å². The zero-order valence-corrected chi connectivity index (χ0v) is 16.8. The van der Waals surface area contributed by atoms with Crippen molar-refractivity contribution in [1.82, 2.24) is 4.98 Å². The number of nitrogens with zero attached hydrogens (tertiary/aromatic N) is 2. The highest BCUT2D eigenvalue weighted by atomic mass is 19.4. The highest BCUT2D eigenvalue weighted by Gasteiger charge is 2.30. The first-order valence-electron chi connectivity index (χ1n) is 9.58. The van der Waals surface area contributed by atoms with Crippen LogP contribution in [0.5, 0.6) is 5.88 Å². The van der Waals surface area contributed by atoms with Crippen LogP contribution in [0.3, 0.4) is 0 Å². The molecule has 0 spiro atoms. The van der Waals surface area contributed by atoms with Crippen molar-refractivity contribution in [3.63, 3.8) is 0 Å². The van der Waals surface area contributed by atoms with Crippen molar-refractivity contribution in [2.24, 2.45) is 5.73 Å². The minimum Gasteiger partial charge on any atom is -0.480 e. The average Bonchev–Trinajstić information content (AvgIpc) is 2.79. The van der Waals surface area contributed by atoms with Crippen LogP contribution in [0.25, 0.3) is 0 Å². The number of carbonyl (C=O) groups is 1. The summed E-state index contributed by atoms with van der Waals surface area (Å²) in [5.74, 6) is -0.118. The third kappa shape index (κ3) is 5.40. The van der Waals surface area contributed by atoms with Crippen molar-refractivity contribution < 1.29 is 22.7 Å². The van der Waals surface area contributed by atoms with E-state index in [-0.39, 0.29) is 18.3 Å². The molecule has 0 saturated heterocycles. The highest BCUT2D eigenvalue weighted by Crippen LogP contribution is 2.30. The van der Waals surface area contributed by atoms with Crippen LogP contribution < -0.4 is 15.4 Å². The second kappa shape index (κ2) is 9.61. The quantitative estimate of drug-likeness (QED) is 0.605. The number of halogens is 3. The lowest BCUT2D eigenvalue weighted by Crippen LogP contribution is -2.40. The van der Waals surface area contributed by atoms with E-state index in [0.29, 0.717) is 23.2 Å². The van der Waals surface area contributed by atoms with Crippen LogP contribution in [0.1, 0.15) is 22.7 Å². The molecule has 0 aliphatic heterocycles. The Kier molecular flexibility index (Phi) is 6.91. The summed E-state index contributed by atoms with van der Waals surface area (Å²) in [5, 5.41) is 0. The Morgan fingerprint density at radius 3 is 2.35 bits per heavy atom. The number of rotatable bonds is 7. The van der Waals surface area contributed by atoms with Crippen molar-refractivity contribution in [3.05, 3.63) is 89.6 Å². The molecule has 8 heteroatoms. The molecule has 0 bridgehead atoms. The maximum atomic E-state index is 13.3. The zero-order valence-electron chi connectivity index (χ0n) is 16.8. The van der Waals surface area contributed by atoms with Crippen LogP contribution in [-0.4, -0.2) is 24.5 Å². The Morgan fingerprint density at radius 1 is 1.06 bits per heavy atom. The van der Waals surface area contributed by atoms with Gasteiger partial charge in [0.2, 0.25) is 11.8 Å². The topological polar surface area (TPSA) is 68.5 Å².